The maximum absolute atomic E-state index is 11.6. The summed E-state index contributed by atoms with van der Waals surface area (Å²) in [5.41, 5.74) is 9.56. The highest BCUT2D eigenvalue weighted by Crippen LogP contribution is 2.13. The molecule has 132 valence electrons. The molecular formula is C16H19N5O4. The van der Waals surface area contributed by atoms with Gasteiger partial charge in [-0.25, -0.2) is 4.79 Å². The second-order valence-corrected chi connectivity index (χ2v) is 5.17. The average Bonchev–Trinajstić information content (AvgIpc) is 2.62. The predicted octanol–water partition coefficient (Wildman–Crippen LogP) is 3.34. The fraction of sp³-hybridized carbons (Fsp3) is 0.438. The molecule has 0 fully saturated rings. The Balaban J connectivity index is 2.19. The molecule has 25 heavy (non-hydrogen) atoms. The number of amides is 1. The topological polar surface area (TPSA) is 137 Å². The highest BCUT2D eigenvalue weighted by atomic mass is 16.5. The van der Waals surface area contributed by atoms with Gasteiger partial charge < -0.3 is 14.8 Å². The first-order chi connectivity index (χ1) is 12.1. The zero-order valence-electron chi connectivity index (χ0n) is 13.8. The van der Waals surface area contributed by atoms with Gasteiger partial charge in [0.05, 0.1) is 5.92 Å². The number of nitrogens with one attached hydrogen (secondary N) is 1. The Kier molecular flexibility index (Phi) is 8.97. The van der Waals surface area contributed by atoms with Gasteiger partial charge in [-0.2, -0.15) is 5.26 Å². The monoisotopic (exact) mass is 345 g/mol. The van der Waals surface area contributed by atoms with Gasteiger partial charge in [-0.1, -0.05) is 36.3 Å². The maximum atomic E-state index is 11.6. The van der Waals surface area contributed by atoms with Crippen molar-refractivity contribution in [1.29, 1.82) is 5.26 Å². The van der Waals surface area contributed by atoms with Crippen molar-refractivity contribution >= 4 is 17.7 Å². The standard InChI is InChI=1S/C16H19N5O4/c1-12(15(22)24-10-8-17)3-2-9-19-16(23)25-11-13-4-6-14(7-5-13)20-21-18/h4-7,12H,2-3,9-11H2,1H3,(H,19,23)/t12-/m0/s1. The molecule has 0 aromatic heterocycles. The second kappa shape index (κ2) is 11.3. The first-order valence-corrected chi connectivity index (χ1v) is 7.65. The third kappa shape index (κ3) is 8.25. The van der Waals surface area contributed by atoms with Gasteiger partial charge in [0, 0.05) is 17.1 Å². The van der Waals surface area contributed by atoms with Gasteiger partial charge in [0.1, 0.15) is 12.7 Å². The molecule has 0 spiro atoms. The van der Waals surface area contributed by atoms with Gasteiger partial charge in [0.2, 0.25) is 0 Å². The van der Waals surface area contributed by atoms with Gasteiger partial charge in [0.25, 0.3) is 0 Å². The molecule has 1 aromatic carbocycles. The first-order valence-electron chi connectivity index (χ1n) is 7.65. The smallest absolute Gasteiger partial charge is 0.407 e. The Labute approximate surface area is 145 Å². The Hall–Kier alpha value is -3.24. The van der Waals surface area contributed by atoms with Gasteiger partial charge in [-0.15, -0.1) is 0 Å². The fourth-order valence-electron chi connectivity index (χ4n) is 1.87. The zero-order chi connectivity index (χ0) is 18.5. The van der Waals surface area contributed by atoms with Crippen LogP contribution in [0.5, 0.6) is 0 Å². The Morgan fingerprint density at radius 3 is 2.72 bits per heavy atom. The van der Waals surface area contributed by atoms with E-state index in [1.165, 1.54) is 0 Å². The number of hydrogen-bond donors (Lipinski definition) is 1. The van der Waals surface area contributed by atoms with Crippen LogP contribution in [0.1, 0.15) is 25.3 Å². The van der Waals surface area contributed by atoms with E-state index in [1.54, 1.807) is 37.3 Å². The van der Waals surface area contributed by atoms with Crippen molar-refractivity contribution in [2.45, 2.75) is 26.4 Å². The van der Waals surface area contributed by atoms with E-state index in [9.17, 15) is 9.59 Å². The summed E-state index contributed by atoms with van der Waals surface area (Å²) in [6, 6.07) is 8.39. The van der Waals surface area contributed by atoms with E-state index >= 15 is 0 Å². The lowest BCUT2D eigenvalue weighted by atomic mass is 10.1. The Morgan fingerprint density at radius 1 is 1.36 bits per heavy atom. The summed E-state index contributed by atoms with van der Waals surface area (Å²) in [6.07, 6.45) is 0.559. The summed E-state index contributed by atoms with van der Waals surface area (Å²) in [7, 11) is 0. The van der Waals surface area contributed by atoms with E-state index in [0.29, 0.717) is 25.1 Å². The quantitative estimate of drug-likeness (QED) is 0.240. The van der Waals surface area contributed by atoms with E-state index in [-0.39, 0.29) is 19.1 Å². The number of azide groups is 1. The number of hydrogen-bond acceptors (Lipinski definition) is 6. The molecule has 1 N–H and O–H groups in total. The molecular weight excluding hydrogens is 326 g/mol. The lowest BCUT2D eigenvalue weighted by Crippen LogP contribution is -2.26. The molecule has 1 aromatic rings. The minimum atomic E-state index is -0.557. The van der Waals surface area contributed by atoms with Crippen molar-refractivity contribution in [1.82, 2.24) is 5.32 Å². The first kappa shape index (κ1) is 19.8. The highest BCUT2D eigenvalue weighted by Gasteiger charge is 2.14. The predicted molar refractivity (Wildman–Crippen MR) is 88.4 cm³/mol. The number of rotatable bonds is 9. The molecule has 9 nitrogen and oxygen atoms in total. The van der Waals surface area contributed by atoms with Crippen LogP contribution in [0.4, 0.5) is 10.5 Å². The van der Waals surface area contributed by atoms with Gasteiger partial charge >= 0.3 is 12.1 Å². The van der Waals surface area contributed by atoms with Crippen molar-refractivity contribution in [2.24, 2.45) is 11.0 Å². The van der Waals surface area contributed by atoms with Crippen LogP contribution < -0.4 is 5.32 Å². The fourth-order valence-corrected chi connectivity index (χ4v) is 1.87. The second-order valence-electron chi connectivity index (χ2n) is 5.17. The van der Waals surface area contributed by atoms with Crippen molar-refractivity contribution in [3.05, 3.63) is 40.3 Å². The van der Waals surface area contributed by atoms with Crippen LogP contribution in [-0.4, -0.2) is 25.2 Å². The van der Waals surface area contributed by atoms with Gasteiger partial charge in [0.15, 0.2) is 6.61 Å². The molecule has 0 unspecified atom stereocenters. The lowest BCUT2D eigenvalue weighted by molar-refractivity contribution is -0.146. The molecule has 0 aliphatic rings. The third-order valence-electron chi connectivity index (χ3n) is 3.23. The molecule has 0 aliphatic carbocycles. The van der Waals surface area contributed by atoms with E-state index in [4.69, 9.17) is 20.3 Å². The molecule has 0 aliphatic heterocycles. The van der Waals surface area contributed by atoms with Crippen LogP contribution in [0.25, 0.3) is 10.4 Å². The van der Waals surface area contributed by atoms with Crippen LogP contribution in [0, 0.1) is 17.2 Å². The molecule has 0 saturated heterocycles. The summed E-state index contributed by atoms with van der Waals surface area (Å²) in [4.78, 5) is 25.7. The van der Waals surface area contributed by atoms with Crippen LogP contribution in [0.3, 0.4) is 0 Å². The number of benzene rings is 1. The summed E-state index contributed by atoms with van der Waals surface area (Å²) in [5.74, 6) is -0.755. The number of ether oxygens (including phenoxy) is 2. The number of nitrogens with zero attached hydrogens (tertiary/aromatic N) is 4. The minimum absolute atomic E-state index is 0.0965. The molecule has 9 heteroatoms. The summed E-state index contributed by atoms with van der Waals surface area (Å²) in [6.45, 7) is 1.92. The summed E-state index contributed by atoms with van der Waals surface area (Å²) in [5, 5.41) is 14.4. The normalized spacial score (nSPS) is 10.7. The number of alkyl carbamates (subject to hydrolysis) is 1. The van der Waals surface area contributed by atoms with E-state index in [0.717, 1.165) is 5.56 Å². The van der Waals surface area contributed by atoms with Crippen LogP contribution >= 0.6 is 0 Å². The van der Waals surface area contributed by atoms with Crippen LogP contribution in [0.15, 0.2) is 29.4 Å². The number of carbonyl (C=O) groups excluding carboxylic acids is 2. The number of carbonyl (C=O) groups is 2. The van der Waals surface area contributed by atoms with Crippen molar-refractivity contribution < 1.29 is 19.1 Å². The number of nitriles is 1. The molecule has 0 radical (unpaired) electrons. The molecule has 0 saturated carbocycles. The zero-order valence-corrected chi connectivity index (χ0v) is 13.8. The Bertz CT molecular complexity index is 662. The van der Waals surface area contributed by atoms with Crippen molar-refractivity contribution in [2.75, 3.05) is 13.2 Å². The van der Waals surface area contributed by atoms with Gasteiger partial charge in [-0.05, 0) is 23.9 Å². The minimum Gasteiger partial charge on any atom is -0.450 e. The average molecular weight is 345 g/mol. The summed E-state index contributed by atoms with van der Waals surface area (Å²) < 4.78 is 9.76. The highest BCUT2D eigenvalue weighted by molar-refractivity contribution is 5.72. The Morgan fingerprint density at radius 2 is 2.08 bits per heavy atom. The van der Waals surface area contributed by atoms with E-state index in [2.05, 4.69) is 15.3 Å². The third-order valence-corrected chi connectivity index (χ3v) is 3.23. The number of esters is 1. The molecule has 0 heterocycles. The van der Waals surface area contributed by atoms with Crippen LogP contribution in [0.2, 0.25) is 0 Å². The summed E-state index contributed by atoms with van der Waals surface area (Å²) >= 11 is 0. The molecule has 1 atom stereocenters. The molecule has 1 rings (SSSR count). The van der Waals surface area contributed by atoms with Crippen LogP contribution in [-0.2, 0) is 20.9 Å². The SMILES string of the molecule is C[C@@H](CCCNC(=O)OCc1ccc(N=[N+]=[N-])cc1)C(=O)OCC#N. The molecule has 1 amide bonds. The van der Waals surface area contributed by atoms with E-state index < -0.39 is 12.1 Å². The van der Waals surface area contributed by atoms with E-state index in [1.807, 2.05) is 0 Å². The van der Waals surface area contributed by atoms with Crippen molar-refractivity contribution in [3.63, 3.8) is 0 Å². The van der Waals surface area contributed by atoms with Gasteiger partial charge in [-0.3, -0.25) is 4.79 Å². The lowest BCUT2D eigenvalue weighted by Gasteiger charge is -2.10. The largest absolute Gasteiger partial charge is 0.450 e. The van der Waals surface area contributed by atoms with Crippen molar-refractivity contribution in [3.8, 4) is 6.07 Å². The molecule has 0 bridgehead atoms. The maximum Gasteiger partial charge on any atom is 0.407 e.